The molecule has 1 aromatic heterocycles. The van der Waals surface area contributed by atoms with Crippen LogP contribution in [0.15, 0.2) is 53.7 Å². The van der Waals surface area contributed by atoms with E-state index in [9.17, 15) is 22.8 Å². The Balaban J connectivity index is 1.68. The highest BCUT2D eigenvalue weighted by Gasteiger charge is 2.42. The second kappa shape index (κ2) is 8.94. The zero-order valence-corrected chi connectivity index (χ0v) is 18.1. The number of amides is 3. The third-order valence-corrected chi connectivity index (χ3v) is 7.29. The Morgan fingerprint density at radius 2 is 1.94 bits per heavy atom. The summed E-state index contributed by atoms with van der Waals surface area (Å²) in [7, 11) is -2.51. The molecule has 10 heteroatoms. The van der Waals surface area contributed by atoms with Crippen LogP contribution in [0.4, 0.5) is 5.69 Å². The van der Waals surface area contributed by atoms with Crippen LogP contribution < -0.4 is 10.6 Å². The molecule has 1 aliphatic heterocycles. The Morgan fingerprint density at radius 1 is 1.23 bits per heavy atom. The molecule has 1 aromatic carbocycles. The number of carbonyl (C=O) groups is 3. The molecule has 3 amide bonds. The molecular weight excluding hydrogens is 420 g/mol. The van der Waals surface area contributed by atoms with Crippen LogP contribution in [0.5, 0.6) is 0 Å². The molecule has 0 aliphatic carbocycles. The van der Waals surface area contributed by atoms with E-state index in [1.807, 2.05) is 6.92 Å². The third kappa shape index (κ3) is 4.64. The number of carbonyl (C=O) groups excluding carboxylic acids is 3. The average molecular weight is 445 g/mol. The summed E-state index contributed by atoms with van der Waals surface area (Å²) >= 11 is 0. The van der Waals surface area contributed by atoms with Crippen LogP contribution in [0, 0.1) is 0 Å². The van der Waals surface area contributed by atoms with Gasteiger partial charge in [0.05, 0.1) is 12.0 Å². The van der Waals surface area contributed by atoms with Crippen molar-refractivity contribution in [3.63, 3.8) is 0 Å². The van der Waals surface area contributed by atoms with E-state index in [-0.39, 0.29) is 29.7 Å². The number of aromatic nitrogens is 1. The zero-order chi connectivity index (χ0) is 22.6. The molecule has 2 heterocycles. The first-order chi connectivity index (χ1) is 14.7. The van der Waals surface area contributed by atoms with E-state index in [1.54, 1.807) is 24.3 Å². The summed E-state index contributed by atoms with van der Waals surface area (Å²) in [5.74, 6) is -1.09. The van der Waals surface area contributed by atoms with Crippen molar-refractivity contribution in [2.24, 2.45) is 0 Å². The van der Waals surface area contributed by atoms with E-state index in [2.05, 4.69) is 15.6 Å². The molecule has 0 bridgehead atoms. The van der Waals surface area contributed by atoms with Gasteiger partial charge in [0.25, 0.3) is 0 Å². The molecule has 0 spiro atoms. The summed E-state index contributed by atoms with van der Waals surface area (Å²) in [5.41, 5.74) is 0.447. The van der Waals surface area contributed by atoms with E-state index in [0.29, 0.717) is 18.5 Å². The standard InChI is InChI=1S/C21H24N4O5S/c1-3-21(11-10-18(26)24-20(21)28)15-6-8-16(9-7-15)23-19(27)14-25(2)31(29,30)17-5-4-12-22-13-17/h4-9,12-13H,3,10-11,14H2,1-2H3,(H,23,27)(H,24,26,28). The lowest BCUT2D eigenvalue weighted by Crippen LogP contribution is -2.51. The number of sulfonamides is 1. The lowest BCUT2D eigenvalue weighted by atomic mass is 9.72. The van der Waals surface area contributed by atoms with E-state index >= 15 is 0 Å². The monoisotopic (exact) mass is 444 g/mol. The normalized spacial score (nSPS) is 19.2. The minimum atomic E-state index is -3.83. The fourth-order valence-corrected chi connectivity index (χ4v) is 4.70. The zero-order valence-electron chi connectivity index (χ0n) is 17.3. The minimum absolute atomic E-state index is 0.00348. The molecule has 164 valence electrons. The van der Waals surface area contributed by atoms with Gasteiger partial charge in [-0.3, -0.25) is 24.7 Å². The lowest BCUT2D eigenvalue weighted by Gasteiger charge is -2.35. The maximum Gasteiger partial charge on any atom is 0.244 e. The summed E-state index contributed by atoms with van der Waals surface area (Å²) in [4.78, 5) is 40.1. The highest BCUT2D eigenvalue weighted by atomic mass is 32.2. The highest BCUT2D eigenvalue weighted by Crippen LogP contribution is 2.36. The maximum absolute atomic E-state index is 12.5. The Labute approximate surface area is 180 Å². The van der Waals surface area contributed by atoms with E-state index < -0.39 is 21.3 Å². The fraction of sp³-hybridized carbons (Fsp3) is 0.333. The van der Waals surface area contributed by atoms with Crippen LogP contribution in [-0.2, 0) is 29.8 Å². The van der Waals surface area contributed by atoms with Gasteiger partial charge < -0.3 is 5.32 Å². The van der Waals surface area contributed by atoms with Crippen LogP contribution in [0.2, 0.25) is 0 Å². The van der Waals surface area contributed by atoms with Crippen molar-refractivity contribution in [2.75, 3.05) is 18.9 Å². The topological polar surface area (TPSA) is 126 Å². The van der Waals surface area contributed by atoms with Gasteiger partial charge >= 0.3 is 0 Å². The Hall–Kier alpha value is -3.11. The molecule has 9 nitrogen and oxygen atoms in total. The van der Waals surface area contributed by atoms with Gasteiger partial charge in [-0.15, -0.1) is 0 Å². The number of benzene rings is 1. The molecule has 1 aliphatic rings. The molecule has 1 saturated heterocycles. The number of likely N-dealkylation sites (N-methyl/N-ethyl adjacent to an activating group) is 1. The fourth-order valence-electron chi connectivity index (χ4n) is 3.61. The molecule has 1 unspecified atom stereocenters. The summed E-state index contributed by atoms with van der Waals surface area (Å²) in [6.45, 7) is 1.52. The smallest absolute Gasteiger partial charge is 0.244 e. The molecule has 2 N–H and O–H groups in total. The van der Waals surface area contributed by atoms with Gasteiger partial charge in [0.15, 0.2) is 0 Å². The van der Waals surface area contributed by atoms with Crippen molar-refractivity contribution in [1.29, 1.82) is 0 Å². The van der Waals surface area contributed by atoms with Crippen LogP contribution in [-0.4, -0.2) is 49.0 Å². The Bertz CT molecular complexity index is 1090. The summed E-state index contributed by atoms with van der Waals surface area (Å²) in [6.07, 6.45) is 3.93. The van der Waals surface area contributed by atoms with Gasteiger partial charge in [-0.05, 0) is 42.7 Å². The molecular formula is C21H24N4O5S. The van der Waals surface area contributed by atoms with E-state index in [4.69, 9.17) is 0 Å². The summed E-state index contributed by atoms with van der Waals surface area (Å²) < 4.78 is 26.0. The first kappa shape index (κ1) is 22.6. The molecule has 0 radical (unpaired) electrons. The minimum Gasteiger partial charge on any atom is -0.325 e. The van der Waals surface area contributed by atoms with Gasteiger partial charge in [-0.25, -0.2) is 8.42 Å². The molecule has 3 rings (SSSR count). The van der Waals surface area contributed by atoms with E-state index in [0.717, 1.165) is 9.87 Å². The Morgan fingerprint density at radius 3 is 2.52 bits per heavy atom. The van der Waals surface area contributed by atoms with Gasteiger partial charge in [-0.1, -0.05) is 19.1 Å². The largest absolute Gasteiger partial charge is 0.325 e. The second-order valence-corrected chi connectivity index (χ2v) is 9.43. The van der Waals surface area contributed by atoms with Crippen molar-refractivity contribution < 1.29 is 22.8 Å². The molecule has 0 saturated carbocycles. The van der Waals surface area contributed by atoms with Crippen molar-refractivity contribution in [3.8, 4) is 0 Å². The molecule has 1 atom stereocenters. The SMILES string of the molecule is CCC1(c2ccc(NC(=O)CN(C)S(=O)(=O)c3cccnc3)cc2)CCC(=O)NC1=O. The van der Waals surface area contributed by atoms with Crippen molar-refractivity contribution in [1.82, 2.24) is 14.6 Å². The second-order valence-electron chi connectivity index (χ2n) is 7.39. The van der Waals surface area contributed by atoms with Crippen molar-refractivity contribution >= 4 is 33.4 Å². The van der Waals surface area contributed by atoms with Gasteiger partial charge in [0, 0.05) is 31.5 Å². The van der Waals surface area contributed by atoms with Gasteiger partial charge in [-0.2, -0.15) is 4.31 Å². The predicted molar refractivity (Wildman–Crippen MR) is 113 cm³/mol. The predicted octanol–water partition coefficient (Wildman–Crippen LogP) is 1.43. The van der Waals surface area contributed by atoms with Crippen LogP contribution >= 0.6 is 0 Å². The summed E-state index contributed by atoms with van der Waals surface area (Å²) in [6, 6.07) is 9.71. The third-order valence-electron chi connectivity index (χ3n) is 5.50. The number of rotatable bonds is 7. The number of nitrogens with one attached hydrogen (secondary N) is 2. The lowest BCUT2D eigenvalue weighted by molar-refractivity contribution is -0.138. The number of anilines is 1. The Kier molecular flexibility index (Phi) is 6.51. The number of piperidine rings is 1. The van der Waals surface area contributed by atoms with Crippen molar-refractivity contribution in [3.05, 3.63) is 54.4 Å². The van der Waals surface area contributed by atoms with Crippen LogP contribution in [0.25, 0.3) is 0 Å². The molecule has 2 aromatic rings. The maximum atomic E-state index is 12.5. The van der Waals surface area contributed by atoms with Crippen LogP contribution in [0.3, 0.4) is 0 Å². The quantitative estimate of drug-likeness (QED) is 0.622. The number of nitrogens with zero attached hydrogens (tertiary/aromatic N) is 2. The summed E-state index contributed by atoms with van der Waals surface area (Å²) in [5, 5.41) is 5.06. The molecule has 1 fully saturated rings. The van der Waals surface area contributed by atoms with Gasteiger partial charge in [0.2, 0.25) is 27.7 Å². The highest BCUT2D eigenvalue weighted by molar-refractivity contribution is 7.89. The van der Waals surface area contributed by atoms with Crippen LogP contribution in [0.1, 0.15) is 31.7 Å². The number of hydrogen-bond acceptors (Lipinski definition) is 6. The number of pyridine rings is 1. The molecule has 31 heavy (non-hydrogen) atoms. The first-order valence-corrected chi connectivity index (χ1v) is 11.2. The average Bonchev–Trinajstić information content (AvgIpc) is 2.75. The number of imide groups is 1. The van der Waals surface area contributed by atoms with E-state index in [1.165, 1.54) is 31.6 Å². The van der Waals surface area contributed by atoms with Crippen molar-refractivity contribution in [2.45, 2.75) is 36.5 Å². The number of hydrogen-bond donors (Lipinski definition) is 2. The van der Waals surface area contributed by atoms with Gasteiger partial charge in [0.1, 0.15) is 4.90 Å². The first-order valence-electron chi connectivity index (χ1n) is 9.80.